The predicted octanol–water partition coefficient (Wildman–Crippen LogP) is 1.63. The Bertz CT molecular complexity index is 431. The molecule has 2 aliphatic heterocycles. The third-order valence-electron chi connectivity index (χ3n) is 5.73. The van der Waals surface area contributed by atoms with Gasteiger partial charge >= 0.3 is 0 Å². The fourth-order valence-corrected chi connectivity index (χ4v) is 4.03. The van der Waals surface area contributed by atoms with Gasteiger partial charge in [-0.05, 0) is 19.9 Å². The lowest BCUT2D eigenvalue weighted by Crippen LogP contribution is -2.50. The Morgan fingerprint density at radius 3 is 2.39 bits per heavy atom. The van der Waals surface area contributed by atoms with Gasteiger partial charge in [0.1, 0.15) is 0 Å². The van der Waals surface area contributed by atoms with Crippen molar-refractivity contribution in [2.45, 2.75) is 45.8 Å². The van der Waals surface area contributed by atoms with Crippen LogP contribution in [0, 0.1) is 5.92 Å². The van der Waals surface area contributed by atoms with E-state index in [2.05, 4.69) is 48.3 Å². The van der Waals surface area contributed by atoms with Crippen LogP contribution in [0.1, 0.15) is 33.6 Å². The molecular weight excluding hydrogens is 469 g/mol. The second-order valence-corrected chi connectivity index (χ2v) is 7.65. The van der Waals surface area contributed by atoms with E-state index in [0.717, 1.165) is 71.6 Å². The fraction of sp³-hybridized carbons (Fsp3) is 0.950. The smallest absolute Gasteiger partial charge is 0.191 e. The first-order valence-corrected chi connectivity index (χ1v) is 10.8. The van der Waals surface area contributed by atoms with Gasteiger partial charge in [0.2, 0.25) is 0 Å². The average molecular weight is 511 g/mol. The first kappa shape index (κ1) is 25.9. The van der Waals surface area contributed by atoms with Gasteiger partial charge in [-0.25, -0.2) is 0 Å². The third-order valence-corrected chi connectivity index (χ3v) is 5.73. The van der Waals surface area contributed by atoms with E-state index < -0.39 is 0 Å². The van der Waals surface area contributed by atoms with Crippen molar-refractivity contribution in [3.05, 3.63) is 0 Å². The lowest BCUT2D eigenvalue weighted by molar-refractivity contribution is -0.0161. The highest BCUT2D eigenvalue weighted by Gasteiger charge is 2.27. The maximum absolute atomic E-state index is 5.86. The van der Waals surface area contributed by atoms with E-state index in [4.69, 9.17) is 14.5 Å². The average Bonchev–Trinajstić information content (AvgIpc) is 2.70. The van der Waals surface area contributed by atoms with E-state index in [1.807, 2.05) is 0 Å². The summed E-state index contributed by atoms with van der Waals surface area (Å²) in [6.07, 6.45) is 2.61. The van der Waals surface area contributed by atoms with E-state index in [0.29, 0.717) is 12.0 Å². The van der Waals surface area contributed by atoms with Crippen molar-refractivity contribution < 1.29 is 9.47 Å². The van der Waals surface area contributed by atoms with Crippen LogP contribution in [-0.2, 0) is 9.47 Å². The molecule has 0 spiro atoms. The van der Waals surface area contributed by atoms with Crippen molar-refractivity contribution in [2.24, 2.45) is 10.9 Å². The summed E-state index contributed by atoms with van der Waals surface area (Å²) in [7, 11) is 2.15. The molecule has 2 aliphatic rings. The summed E-state index contributed by atoms with van der Waals surface area (Å²) in [5, 5.41) is 6.88. The number of ether oxygens (including phenoxy) is 2. The number of likely N-dealkylation sites (N-methyl/N-ethyl adjacent to an activating group) is 1. The number of hydrogen-bond donors (Lipinski definition) is 2. The molecule has 2 heterocycles. The Hall–Kier alpha value is -0.160. The molecule has 2 unspecified atom stereocenters. The maximum Gasteiger partial charge on any atom is 0.191 e. The largest absolute Gasteiger partial charge is 0.379 e. The first-order valence-electron chi connectivity index (χ1n) is 10.8. The van der Waals surface area contributed by atoms with E-state index in [9.17, 15) is 0 Å². The van der Waals surface area contributed by atoms with E-state index in [-0.39, 0.29) is 30.1 Å². The molecule has 28 heavy (non-hydrogen) atoms. The summed E-state index contributed by atoms with van der Waals surface area (Å²) >= 11 is 0. The highest BCUT2D eigenvalue weighted by atomic mass is 127. The lowest BCUT2D eigenvalue weighted by atomic mass is 9.92. The van der Waals surface area contributed by atoms with Crippen LogP contribution in [0.25, 0.3) is 0 Å². The number of nitrogens with zero attached hydrogens (tertiary/aromatic N) is 3. The molecule has 2 saturated heterocycles. The van der Waals surface area contributed by atoms with Gasteiger partial charge in [0.25, 0.3) is 0 Å². The number of halogens is 1. The van der Waals surface area contributed by atoms with Gasteiger partial charge in [0.05, 0.1) is 32.5 Å². The van der Waals surface area contributed by atoms with Gasteiger partial charge in [-0.2, -0.15) is 0 Å². The molecule has 0 radical (unpaired) electrons. The molecule has 0 amide bonds. The Morgan fingerprint density at radius 2 is 1.79 bits per heavy atom. The van der Waals surface area contributed by atoms with E-state index in [1.54, 1.807) is 0 Å². The standard InChI is InChI=1S/C20H41N5O2.HI/c1-5-17(6-2)19(25-9-11-26-12-10-25)15-23-20(21-7-3)22-14-18-16-24(4)8-13-27-18;/h17-19H,5-16H2,1-4H3,(H2,21,22,23);1H. The van der Waals surface area contributed by atoms with Crippen molar-refractivity contribution in [2.75, 3.05) is 72.7 Å². The van der Waals surface area contributed by atoms with Gasteiger partial charge in [-0.1, -0.05) is 26.7 Å². The van der Waals surface area contributed by atoms with Crippen molar-refractivity contribution in [3.63, 3.8) is 0 Å². The Morgan fingerprint density at radius 1 is 1.07 bits per heavy atom. The molecule has 7 nitrogen and oxygen atoms in total. The van der Waals surface area contributed by atoms with E-state index >= 15 is 0 Å². The van der Waals surface area contributed by atoms with Gasteiger partial charge in [0.15, 0.2) is 5.96 Å². The second kappa shape index (κ2) is 14.8. The number of hydrogen-bond acceptors (Lipinski definition) is 5. The molecule has 0 aromatic carbocycles. The van der Waals surface area contributed by atoms with Crippen LogP contribution in [0.15, 0.2) is 4.99 Å². The Balaban J connectivity index is 0.00000392. The Labute approximate surface area is 189 Å². The summed E-state index contributed by atoms with van der Waals surface area (Å²) < 4.78 is 11.4. The zero-order valence-electron chi connectivity index (χ0n) is 18.3. The molecule has 2 atom stereocenters. The van der Waals surface area contributed by atoms with Gasteiger partial charge in [0, 0.05) is 45.3 Å². The molecular formula is C20H42IN5O2. The van der Waals surface area contributed by atoms with E-state index in [1.165, 1.54) is 12.8 Å². The lowest BCUT2D eigenvalue weighted by Gasteiger charge is -2.38. The molecule has 0 bridgehead atoms. The summed E-state index contributed by atoms with van der Waals surface area (Å²) in [6.45, 7) is 15.7. The number of morpholine rings is 2. The predicted molar refractivity (Wildman–Crippen MR) is 127 cm³/mol. The molecule has 0 aromatic rings. The molecule has 2 fully saturated rings. The van der Waals surface area contributed by atoms with Crippen molar-refractivity contribution >= 4 is 29.9 Å². The zero-order chi connectivity index (χ0) is 19.5. The highest BCUT2D eigenvalue weighted by molar-refractivity contribution is 14.0. The van der Waals surface area contributed by atoms with Crippen LogP contribution < -0.4 is 10.6 Å². The fourth-order valence-electron chi connectivity index (χ4n) is 4.03. The highest BCUT2D eigenvalue weighted by Crippen LogP contribution is 2.20. The van der Waals surface area contributed by atoms with Gasteiger partial charge in [-0.3, -0.25) is 9.89 Å². The Kier molecular flexibility index (Phi) is 13.6. The number of guanidine groups is 1. The normalized spacial score (nSPS) is 23.3. The van der Waals surface area contributed by atoms with Crippen LogP contribution in [0.2, 0.25) is 0 Å². The number of aliphatic imine (C=N–C) groups is 1. The second-order valence-electron chi connectivity index (χ2n) is 7.65. The molecule has 0 aromatic heterocycles. The molecule has 2 rings (SSSR count). The van der Waals surface area contributed by atoms with Crippen molar-refractivity contribution in [1.29, 1.82) is 0 Å². The van der Waals surface area contributed by atoms with Crippen LogP contribution in [-0.4, -0.2) is 101 Å². The SMILES string of the molecule is CCNC(=NCC(C(CC)CC)N1CCOCC1)NCC1CN(C)CCO1.I. The summed E-state index contributed by atoms with van der Waals surface area (Å²) in [5.41, 5.74) is 0. The minimum Gasteiger partial charge on any atom is -0.379 e. The zero-order valence-corrected chi connectivity index (χ0v) is 20.6. The summed E-state index contributed by atoms with van der Waals surface area (Å²) in [4.78, 5) is 9.85. The molecule has 8 heteroatoms. The van der Waals surface area contributed by atoms with Gasteiger partial charge in [-0.15, -0.1) is 24.0 Å². The molecule has 2 N–H and O–H groups in total. The van der Waals surface area contributed by atoms with Crippen LogP contribution in [0.3, 0.4) is 0 Å². The molecule has 166 valence electrons. The van der Waals surface area contributed by atoms with Crippen molar-refractivity contribution in [1.82, 2.24) is 20.4 Å². The summed E-state index contributed by atoms with van der Waals surface area (Å²) in [5.74, 6) is 1.57. The first-order chi connectivity index (χ1) is 13.2. The topological polar surface area (TPSA) is 61.4 Å². The van der Waals surface area contributed by atoms with Crippen LogP contribution in [0.4, 0.5) is 0 Å². The van der Waals surface area contributed by atoms with Gasteiger partial charge < -0.3 is 25.0 Å². The number of rotatable bonds is 9. The molecule has 0 saturated carbocycles. The third kappa shape index (κ3) is 8.69. The monoisotopic (exact) mass is 511 g/mol. The maximum atomic E-state index is 5.86. The molecule has 0 aliphatic carbocycles. The summed E-state index contributed by atoms with van der Waals surface area (Å²) in [6, 6.07) is 0.483. The minimum atomic E-state index is 0. The van der Waals surface area contributed by atoms with Crippen molar-refractivity contribution in [3.8, 4) is 0 Å². The van der Waals surface area contributed by atoms with Crippen LogP contribution >= 0.6 is 24.0 Å². The van der Waals surface area contributed by atoms with Crippen LogP contribution in [0.5, 0.6) is 0 Å². The quantitative estimate of drug-likeness (QED) is 0.279. The number of nitrogens with one attached hydrogen (secondary N) is 2. The minimum absolute atomic E-state index is 0.